The third kappa shape index (κ3) is 5.84. The molecule has 2 aromatic heterocycles. The molecule has 1 unspecified atom stereocenters. The molecule has 0 aromatic carbocycles. The molecule has 0 bridgehead atoms. The Balaban J connectivity index is 1.35. The molecule has 1 aliphatic heterocycles. The van der Waals surface area contributed by atoms with Gasteiger partial charge in [-0.25, -0.2) is 9.67 Å². The standard InChI is InChI=1S/C22H34N6O2/c1-29-16-20-26-21-10-9-18(15-28(21)27-20)25-22(23-12-11-19-8-5-13-30-19)24-14-17-6-3-2-4-7-17/h5,8,13,17-18H,2-4,6-7,9-12,14-16H2,1H3,(H2,23,24,25). The Bertz CT molecular complexity index is 795. The number of nitrogens with one attached hydrogen (secondary N) is 2. The van der Waals surface area contributed by atoms with Crippen molar-refractivity contribution in [1.82, 2.24) is 25.4 Å². The summed E-state index contributed by atoms with van der Waals surface area (Å²) in [5, 5.41) is 11.7. The fraction of sp³-hybridized carbons (Fsp3) is 0.682. The van der Waals surface area contributed by atoms with Gasteiger partial charge in [0.15, 0.2) is 11.8 Å². The predicted octanol–water partition coefficient (Wildman–Crippen LogP) is 2.69. The van der Waals surface area contributed by atoms with Gasteiger partial charge in [-0.15, -0.1) is 0 Å². The molecule has 0 spiro atoms. The van der Waals surface area contributed by atoms with Gasteiger partial charge in [0.2, 0.25) is 0 Å². The van der Waals surface area contributed by atoms with Gasteiger partial charge in [0.1, 0.15) is 18.2 Å². The van der Waals surface area contributed by atoms with Gasteiger partial charge in [0.25, 0.3) is 0 Å². The SMILES string of the molecule is COCc1nc2n(n1)CC(NC(=NCC1CCCCC1)NCCc1ccco1)CC2. The van der Waals surface area contributed by atoms with Crippen molar-refractivity contribution in [3.8, 4) is 0 Å². The fourth-order valence-corrected chi connectivity index (χ4v) is 4.36. The predicted molar refractivity (Wildman–Crippen MR) is 115 cm³/mol. The maximum absolute atomic E-state index is 5.45. The Labute approximate surface area is 178 Å². The van der Waals surface area contributed by atoms with Gasteiger partial charge in [-0.05, 0) is 37.3 Å². The number of methoxy groups -OCH3 is 1. The van der Waals surface area contributed by atoms with Crippen molar-refractivity contribution in [2.45, 2.75) is 70.6 Å². The smallest absolute Gasteiger partial charge is 0.191 e. The fourth-order valence-electron chi connectivity index (χ4n) is 4.36. The molecule has 1 aliphatic carbocycles. The van der Waals surface area contributed by atoms with E-state index in [1.54, 1.807) is 13.4 Å². The lowest BCUT2D eigenvalue weighted by Crippen LogP contribution is -2.47. The Hall–Kier alpha value is -2.35. The topological polar surface area (TPSA) is 89.5 Å². The zero-order valence-electron chi connectivity index (χ0n) is 18.0. The lowest BCUT2D eigenvalue weighted by Gasteiger charge is -2.26. The van der Waals surface area contributed by atoms with E-state index in [0.29, 0.717) is 12.5 Å². The van der Waals surface area contributed by atoms with E-state index in [-0.39, 0.29) is 6.04 Å². The summed E-state index contributed by atoms with van der Waals surface area (Å²) in [6.07, 6.45) is 11.2. The molecular weight excluding hydrogens is 380 g/mol. The van der Waals surface area contributed by atoms with Crippen molar-refractivity contribution in [3.63, 3.8) is 0 Å². The Morgan fingerprint density at radius 1 is 1.30 bits per heavy atom. The summed E-state index contributed by atoms with van der Waals surface area (Å²) in [6.45, 7) is 2.95. The number of fused-ring (bicyclic) bond motifs is 1. The monoisotopic (exact) mass is 414 g/mol. The summed E-state index contributed by atoms with van der Waals surface area (Å²) >= 11 is 0. The van der Waals surface area contributed by atoms with E-state index < -0.39 is 0 Å². The molecule has 4 rings (SSSR count). The molecule has 30 heavy (non-hydrogen) atoms. The van der Waals surface area contributed by atoms with Crippen LogP contribution in [-0.2, 0) is 30.7 Å². The van der Waals surface area contributed by atoms with E-state index in [1.165, 1.54) is 32.1 Å². The van der Waals surface area contributed by atoms with Gasteiger partial charge in [0.05, 0.1) is 12.8 Å². The molecule has 8 heteroatoms. The Morgan fingerprint density at radius 3 is 3.00 bits per heavy atom. The molecule has 0 radical (unpaired) electrons. The van der Waals surface area contributed by atoms with Crippen molar-refractivity contribution in [2.75, 3.05) is 20.2 Å². The average molecular weight is 415 g/mol. The largest absolute Gasteiger partial charge is 0.469 e. The number of rotatable bonds is 8. The van der Waals surface area contributed by atoms with Crippen LogP contribution in [0.4, 0.5) is 0 Å². The quantitative estimate of drug-likeness (QED) is 0.510. The Kier molecular flexibility index (Phi) is 7.39. The van der Waals surface area contributed by atoms with Gasteiger partial charge in [-0.3, -0.25) is 4.99 Å². The van der Waals surface area contributed by atoms with E-state index >= 15 is 0 Å². The summed E-state index contributed by atoms with van der Waals surface area (Å²) in [5.74, 6) is 4.41. The third-order valence-electron chi connectivity index (χ3n) is 5.99. The lowest BCUT2D eigenvalue weighted by molar-refractivity contribution is 0.177. The van der Waals surface area contributed by atoms with E-state index in [4.69, 9.17) is 14.1 Å². The molecular formula is C22H34N6O2. The summed E-state index contributed by atoms with van der Waals surface area (Å²) in [4.78, 5) is 9.52. The molecule has 8 nitrogen and oxygen atoms in total. The second-order valence-electron chi connectivity index (χ2n) is 8.39. The summed E-state index contributed by atoms with van der Waals surface area (Å²) in [6, 6.07) is 4.23. The van der Waals surface area contributed by atoms with Crippen molar-refractivity contribution < 1.29 is 9.15 Å². The van der Waals surface area contributed by atoms with E-state index in [1.807, 2.05) is 16.8 Å². The van der Waals surface area contributed by atoms with Crippen LogP contribution >= 0.6 is 0 Å². The molecule has 0 amide bonds. The molecule has 1 saturated carbocycles. The highest BCUT2D eigenvalue weighted by Crippen LogP contribution is 2.23. The van der Waals surface area contributed by atoms with Crippen molar-refractivity contribution >= 4 is 5.96 Å². The number of ether oxygens (including phenoxy) is 1. The van der Waals surface area contributed by atoms with Crippen LogP contribution in [-0.4, -0.2) is 47.0 Å². The minimum Gasteiger partial charge on any atom is -0.469 e. The highest BCUT2D eigenvalue weighted by molar-refractivity contribution is 5.80. The number of aryl methyl sites for hydroxylation is 1. The minimum atomic E-state index is 0.288. The van der Waals surface area contributed by atoms with Crippen LogP contribution in [0.1, 0.15) is 55.9 Å². The molecule has 164 valence electrons. The van der Waals surface area contributed by atoms with Crippen LogP contribution in [0.15, 0.2) is 27.8 Å². The Morgan fingerprint density at radius 2 is 2.20 bits per heavy atom. The first kappa shape index (κ1) is 20.9. The van der Waals surface area contributed by atoms with E-state index in [0.717, 1.165) is 62.3 Å². The zero-order chi connectivity index (χ0) is 20.6. The van der Waals surface area contributed by atoms with Crippen LogP contribution in [0, 0.1) is 5.92 Å². The third-order valence-corrected chi connectivity index (χ3v) is 5.99. The minimum absolute atomic E-state index is 0.288. The normalized spacial score (nSPS) is 20.2. The molecule has 0 saturated heterocycles. The molecule has 1 atom stereocenters. The van der Waals surface area contributed by atoms with Gasteiger partial charge >= 0.3 is 0 Å². The van der Waals surface area contributed by atoms with E-state index in [9.17, 15) is 0 Å². The number of aromatic nitrogens is 3. The maximum atomic E-state index is 5.45. The number of aliphatic imine (C=N–C) groups is 1. The summed E-state index contributed by atoms with van der Waals surface area (Å²) in [7, 11) is 1.67. The first-order valence-corrected chi connectivity index (χ1v) is 11.3. The van der Waals surface area contributed by atoms with Crippen LogP contribution in [0.25, 0.3) is 0 Å². The second kappa shape index (κ2) is 10.6. The van der Waals surface area contributed by atoms with Crippen LogP contribution in [0.3, 0.4) is 0 Å². The number of nitrogens with zero attached hydrogens (tertiary/aromatic N) is 4. The van der Waals surface area contributed by atoms with Gasteiger partial charge in [-0.2, -0.15) is 5.10 Å². The number of furan rings is 1. The second-order valence-corrected chi connectivity index (χ2v) is 8.39. The summed E-state index contributed by atoms with van der Waals surface area (Å²) in [5.41, 5.74) is 0. The van der Waals surface area contributed by atoms with Crippen molar-refractivity contribution in [2.24, 2.45) is 10.9 Å². The van der Waals surface area contributed by atoms with Crippen LogP contribution < -0.4 is 10.6 Å². The van der Waals surface area contributed by atoms with Crippen LogP contribution in [0.5, 0.6) is 0 Å². The lowest BCUT2D eigenvalue weighted by atomic mass is 9.89. The van der Waals surface area contributed by atoms with Gasteiger partial charge in [-0.1, -0.05) is 19.3 Å². The highest BCUT2D eigenvalue weighted by Gasteiger charge is 2.23. The molecule has 1 fully saturated rings. The first-order chi connectivity index (χ1) is 14.8. The van der Waals surface area contributed by atoms with Crippen LogP contribution in [0.2, 0.25) is 0 Å². The number of hydrogen-bond donors (Lipinski definition) is 2. The molecule has 2 aliphatic rings. The number of hydrogen-bond acceptors (Lipinski definition) is 5. The van der Waals surface area contributed by atoms with Gasteiger partial charge < -0.3 is 19.8 Å². The summed E-state index contributed by atoms with van der Waals surface area (Å²) < 4.78 is 12.6. The number of guanidine groups is 1. The van der Waals surface area contributed by atoms with E-state index in [2.05, 4.69) is 20.7 Å². The molecule has 2 aromatic rings. The highest BCUT2D eigenvalue weighted by atomic mass is 16.5. The van der Waals surface area contributed by atoms with Crippen molar-refractivity contribution in [3.05, 3.63) is 35.8 Å². The maximum Gasteiger partial charge on any atom is 0.191 e. The molecule has 2 N–H and O–H groups in total. The zero-order valence-corrected chi connectivity index (χ0v) is 18.0. The average Bonchev–Trinajstić information content (AvgIpc) is 3.42. The first-order valence-electron chi connectivity index (χ1n) is 11.3. The van der Waals surface area contributed by atoms with Crippen molar-refractivity contribution in [1.29, 1.82) is 0 Å². The van der Waals surface area contributed by atoms with Gasteiger partial charge in [0, 0.05) is 39.1 Å². The molecule has 3 heterocycles.